The molecule has 0 amide bonds. The largest absolute Gasteiger partial charge is 0.314 e. The van der Waals surface area contributed by atoms with Gasteiger partial charge in [0.15, 0.2) is 0 Å². The molecule has 4 heteroatoms. The van der Waals surface area contributed by atoms with Gasteiger partial charge in [-0.2, -0.15) is 0 Å². The molecule has 1 aliphatic carbocycles. The average molecular weight is 341 g/mol. The molecule has 2 fully saturated rings. The van der Waals surface area contributed by atoms with E-state index < -0.39 is 0 Å². The summed E-state index contributed by atoms with van der Waals surface area (Å²) in [7, 11) is 0. The highest BCUT2D eigenvalue weighted by atomic mass is 79.9. The van der Waals surface area contributed by atoms with E-state index in [1.165, 1.54) is 25.7 Å². The molecule has 20 heavy (non-hydrogen) atoms. The minimum absolute atomic E-state index is 0.0667. The number of piperazine rings is 1. The number of benzene rings is 1. The molecule has 2 aliphatic rings. The first-order valence-corrected chi connectivity index (χ1v) is 8.45. The first-order chi connectivity index (χ1) is 9.77. The maximum absolute atomic E-state index is 14.6. The second-order valence-electron chi connectivity index (χ2n) is 5.92. The Balaban J connectivity index is 1.93. The third kappa shape index (κ3) is 2.92. The molecular formula is C16H22BrFN2. The molecule has 0 unspecified atom stereocenters. The molecular weight excluding hydrogens is 319 g/mol. The first-order valence-electron chi connectivity index (χ1n) is 7.66. The SMILES string of the molecule is Fc1c(Br)cccc1[C@@H](C1CCCC1)N1CCNCC1. The van der Waals surface area contributed by atoms with Crippen LogP contribution >= 0.6 is 15.9 Å². The van der Waals surface area contributed by atoms with Crippen molar-refractivity contribution in [2.45, 2.75) is 31.7 Å². The van der Waals surface area contributed by atoms with E-state index in [1.54, 1.807) is 6.07 Å². The van der Waals surface area contributed by atoms with Gasteiger partial charge in [-0.25, -0.2) is 4.39 Å². The van der Waals surface area contributed by atoms with Crippen LogP contribution in [0.3, 0.4) is 0 Å². The lowest BCUT2D eigenvalue weighted by atomic mass is 9.89. The maximum Gasteiger partial charge on any atom is 0.142 e. The highest BCUT2D eigenvalue weighted by molar-refractivity contribution is 9.10. The van der Waals surface area contributed by atoms with Crippen molar-refractivity contribution in [2.24, 2.45) is 5.92 Å². The van der Waals surface area contributed by atoms with Crippen LogP contribution < -0.4 is 5.32 Å². The van der Waals surface area contributed by atoms with Gasteiger partial charge < -0.3 is 5.32 Å². The fourth-order valence-corrected chi connectivity index (χ4v) is 4.11. The van der Waals surface area contributed by atoms with Crippen molar-refractivity contribution in [2.75, 3.05) is 26.2 Å². The van der Waals surface area contributed by atoms with Gasteiger partial charge in [-0.3, -0.25) is 4.90 Å². The molecule has 2 nitrogen and oxygen atoms in total. The fraction of sp³-hybridized carbons (Fsp3) is 0.625. The molecule has 1 aliphatic heterocycles. The lowest BCUT2D eigenvalue weighted by molar-refractivity contribution is 0.122. The highest BCUT2D eigenvalue weighted by Crippen LogP contribution is 2.41. The van der Waals surface area contributed by atoms with Crippen LogP contribution in [0.1, 0.15) is 37.3 Å². The van der Waals surface area contributed by atoms with Crippen molar-refractivity contribution < 1.29 is 4.39 Å². The Kier molecular flexibility index (Phi) is 4.74. The third-order valence-electron chi connectivity index (χ3n) is 4.69. The molecule has 0 radical (unpaired) electrons. The van der Waals surface area contributed by atoms with Crippen LogP contribution in [0.15, 0.2) is 22.7 Å². The Morgan fingerprint density at radius 3 is 2.60 bits per heavy atom. The summed E-state index contributed by atoms with van der Waals surface area (Å²) in [5, 5.41) is 3.39. The number of hydrogen-bond acceptors (Lipinski definition) is 2. The monoisotopic (exact) mass is 340 g/mol. The van der Waals surface area contributed by atoms with Gasteiger partial charge in [-0.05, 0) is 40.8 Å². The van der Waals surface area contributed by atoms with Crippen LogP contribution in [-0.4, -0.2) is 31.1 Å². The number of nitrogens with zero attached hydrogens (tertiary/aromatic N) is 1. The molecule has 0 aromatic heterocycles. The zero-order valence-corrected chi connectivity index (χ0v) is 13.3. The van der Waals surface area contributed by atoms with Crippen LogP contribution in [0.25, 0.3) is 0 Å². The third-order valence-corrected chi connectivity index (χ3v) is 5.30. The lowest BCUT2D eigenvalue weighted by Gasteiger charge is -2.38. The fourth-order valence-electron chi connectivity index (χ4n) is 3.73. The summed E-state index contributed by atoms with van der Waals surface area (Å²) in [5.74, 6) is 0.542. The van der Waals surface area contributed by atoms with Crippen LogP contribution in [-0.2, 0) is 0 Å². The molecule has 1 heterocycles. The molecule has 1 saturated heterocycles. The van der Waals surface area contributed by atoms with Crippen LogP contribution in [0.4, 0.5) is 4.39 Å². The quantitative estimate of drug-likeness (QED) is 0.901. The van der Waals surface area contributed by atoms with Gasteiger partial charge in [0, 0.05) is 37.8 Å². The zero-order valence-electron chi connectivity index (χ0n) is 11.7. The second kappa shape index (κ2) is 6.54. The van der Waals surface area contributed by atoms with Gasteiger partial charge in [-0.1, -0.05) is 25.0 Å². The predicted octanol–water partition coefficient (Wildman–Crippen LogP) is 3.72. The second-order valence-corrected chi connectivity index (χ2v) is 6.77. The molecule has 0 spiro atoms. The van der Waals surface area contributed by atoms with Crippen molar-refractivity contribution in [3.05, 3.63) is 34.1 Å². The van der Waals surface area contributed by atoms with Crippen molar-refractivity contribution in [3.8, 4) is 0 Å². The summed E-state index contributed by atoms with van der Waals surface area (Å²) in [6.45, 7) is 4.07. The molecule has 0 bridgehead atoms. The Morgan fingerprint density at radius 1 is 1.20 bits per heavy atom. The van der Waals surface area contributed by atoms with E-state index >= 15 is 0 Å². The van der Waals surface area contributed by atoms with Gasteiger partial charge in [0.1, 0.15) is 5.82 Å². The summed E-state index contributed by atoms with van der Waals surface area (Å²) < 4.78 is 15.2. The van der Waals surface area contributed by atoms with Gasteiger partial charge in [0.2, 0.25) is 0 Å². The Bertz CT molecular complexity index is 454. The Labute approximate surface area is 128 Å². The topological polar surface area (TPSA) is 15.3 Å². The van der Waals surface area contributed by atoms with Crippen molar-refractivity contribution in [3.63, 3.8) is 0 Å². The van der Waals surface area contributed by atoms with Crippen molar-refractivity contribution >= 4 is 15.9 Å². The van der Waals surface area contributed by atoms with E-state index in [9.17, 15) is 4.39 Å². The minimum atomic E-state index is -0.0667. The van der Waals surface area contributed by atoms with E-state index in [2.05, 4.69) is 26.1 Å². The van der Waals surface area contributed by atoms with E-state index in [-0.39, 0.29) is 11.9 Å². The summed E-state index contributed by atoms with van der Waals surface area (Å²) >= 11 is 3.34. The molecule has 1 atom stereocenters. The normalized spacial score (nSPS) is 23.1. The van der Waals surface area contributed by atoms with Crippen LogP contribution in [0, 0.1) is 11.7 Å². The van der Waals surface area contributed by atoms with E-state index in [4.69, 9.17) is 0 Å². The number of rotatable bonds is 3. The number of halogens is 2. The smallest absolute Gasteiger partial charge is 0.142 e. The van der Waals surface area contributed by atoms with E-state index in [0.717, 1.165) is 31.7 Å². The van der Waals surface area contributed by atoms with Crippen LogP contribution in [0.2, 0.25) is 0 Å². The van der Waals surface area contributed by atoms with Gasteiger partial charge in [-0.15, -0.1) is 0 Å². The number of nitrogens with one attached hydrogen (secondary N) is 1. The lowest BCUT2D eigenvalue weighted by Crippen LogP contribution is -2.46. The Morgan fingerprint density at radius 2 is 1.90 bits per heavy atom. The van der Waals surface area contributed by atoms with Gasteiger partial charge >= 0.3 is 0 Å². The minimum Gasteiger partial charge on any atom is -0.314 e. The highest BCUT2D eigenvalue weighted by Gasteiger charge is 2.33. The molecule has 1 aromatic carbocycles. The summed E-state index contributed by atoms with van der Waals surface area (Å²) in [6.07, 6.45) is 5.06. The molecule has 1 saturated carbocycles. The number of hydrogen-bond donors (Lipinski definition) is 1. The van der Waals surface area contributed by atoms with Crippen molar-refractivity contribution in [1.82, 2.24) is 10.2 Å². The van der Waals surface area contributed by atoms with Gasteiger partial charge in [0.25, 0.3) is 0 Å². The van der Waals surface area contributed by atoms with E-state index in [1.807, 2.05) is 12.1 Å². The standard InChI is InChI=1S/C16H22BrFN2/c17-14-7-3-6-13(15(14)18)16(12-4-1-2-5-12)20-10-8-19-9-11-20/h3,6-7,12,16,19H,1-2,4-5,8-11H2/t16-/m1/s1. The van der Waals surface area contributed by atoms with E-state index in [0.29, 0.717) is 10.4 Å². The maximum atomic E-state index is 14.6. The molecule has 3 rings (SSSR count). The zero-order chi connectivity index (χ0) is 13.9. The Hall–Kier alpha value is -0.450. The molecule has 110 valence electrons. The van der Waals surface area contributed by atoms with Gasteiger partial charge in [0.05, 0.1) is 4.47 Å². The average Bonchev–Trinajstić information content (AvgIpc) is 2.99. The molecule has 1 aromatic rings. The van der Waals surface area contributed by atoms with Crippen LogP contribution in [0.5, 0.6) is 0 Å². The first kappa shape index (κ1) is 14.5. The van der Waals surface area contributed by atoms with Crippen molar-refractivity contribution in [1.29, 1.82) is 0 Å². The summed E-state index contributed by atoms with van der Waals surface area (Å²) in [5.41, 5.74) is 0.883. The predicted molar refractivity (Wildman–Crippen MR) is 83.2 cm³/mol. The summed E-state index contributed by atoms with van der Waals surface area (Å²) in [6, 6.07) is 5.98. The summed E-state index contributed by atoms with van der Waals surface area (Å²) in [4.78, 5) is 2.48. The molecule has 1 N–H and O–H groups in total.